The SMILES string of the molecule is CC[C@H]1OC(=O)C(C)[C@@H](O[C@H]2CC(C)(OC)CC(C)O2)[C@H](C)[C@@H](OC2OC(C)CC(N(C)C)[C@H]2OCCCNC(=O)c2cncn2C)C(C)(O)C[C@@H](C)CN(C)C(C)C(O)C1(C)O. The van der Waals surface area contributed by atoms with Crippen LogP contribution in [0.5, 0.6) is 0 Å². The first-order valence-corrected chi connectivity index (χ1v) is 23.1. The fourth-order valence-electron chi connectivity index (χ4n) is 10.1. The average Bonchev–Trinajstić information content (AvgIpc) is 3.64. The zero-order chi connectivity index (χ0) is 47.2. The molecule has 3 fully saturated rings. The molecule has 364 valence electrons. The number of esters is 1. The van der Waals surface area contributed by atoms with Crippen molar-refractivity contribution in [1.82, 2.24) is 24.7 Å². The third-order valence-electron chi connectivity index (χ3n) is 13.9. The Morgan fingerprint density at radius 3 is 2.29 bits per heavy atom. The maximum Gasteiger partial charge on any atom is 0.311 e. The highest BCUT2D eigenvalue weighted by Gasteiger charge is 2.52. The van der Waals surface area contributed by atoms with Gasteiger partial charge in [0, 0.05) is 64.7 Å². The van der Waals surface area contributed by atoms with Crippen molar-refractivity contribution in [1.29, 1.82) is 0 Å². The fourth-order valence-corrected chi connectivity index (χ4v) is 10.1. The molecule has 1 aromatic rings. The van der Waals surface area contributed by atoms with Crippen LogP contribution in [0.25, 0.3) is 0 Å². The Morgan fingerprint density at radius 1 is 1.00 bits per heavy atom. The summed E-state index contributed by atoms with van der Waals surface area (Å²) >= 11 is 0. The third kappa shape index (κ3) is 13.4. The minimum absolute atomic E-state index is 0.130. The molecule has 1 amide bonds. The molecule has 4 heterocycles. The Bertz CT molecular complexity index is 1600. The molecule has 0 aromatic carbocycles. The predicted molar refractivity (Wildman–Crippen MR) is 237 cm³/mol. The van der Waals surface area contributed by atoms with E-state index >= 15 is 0 Å². The molecule has 3 aliphatic heterocycles. The van der Waals surface area contributed by atoms with E-state index in [4.69, 9.17) is 33.2 Å². The highest BCUT2D eigenvalue weighted by molar-refractivity contribution is 5.92. The van der Waals surface area contributed by atoms with Crippen molar-refractivity contribution in [3.63, 3.8) is 0 Å². The van der Waals surface area contributed by atoms with Crippen molar-refractivity contribution in [2.75, 3.05) is 47.9 Å². The van der Waals surface area contributed by atoms with Gasteiger partial charge in [0.1, 0.15) is 29.6 Å². The molecule has 0 aliphatic carbocycles. The summed E-state index contributed by atoms with van der Waals surface area (Å²) in [5.74, 6) is -2.66. The monoisotopic (exact) mass is 898 g/mol. The standard InChI is InChI=1S/C46H83N5O12/c1-16-35-46(10,56)39(52)32(7)50(13)25-27(2)21-45(9,55)40(30(5)37(31(6)42(54)61-35)62-36-23-44(8,57-15)22-29(4)59-36)63-43-38(33(49(11)12)20-28(3)60-43)58-19-17-18-48-41(53)34-24-47-26-51(34)14/h24,26-33,35-40,43,52,55-56H,16-23,25H2,1-15H3,(H,48,53)/t27-,28?,29?,30+,31?,32?,33?,35-,36+,37+,38-,39?,40-,43?,44?,45?,46?/m1/s1. The van der Waals surface area contributed by atoms with Gasteiger partial charge < -0.3 is 68.2 Å². The average molecular weight is 898 g/mol. The Balaban J connectivity index is 1.75. The highest BCUT2D eigenvalue weighted by atomic mass is 16.7. The van der Waals surface area contributed by atoms with Crippen LogP contribution in [0.15, 0.2) is 12.5 Å². The number of aliphatic hydroxyl groups excluding tert-OH is 1. The van der Waals surface area contributed by atoms with Gasteiger partial charge in [-0.1, -0.05) is 20.8 Å². The van der Waals surface area contributed by atoms with Gasteiger partial charge in [0.05, 0.1) is 54.1 Å². The van der Waals surface area contributed by atoms with Crippen LogP contribution in [0.3, 0.4) is 0 Å². The zero-order valence-electron chi connectivity index (χ0n) is 40.9. The normalized spacial score (nSPS) is 41.7. The first-order chi connectivity index (χ1) is 29.3. The number of carbonyl (C=O) groups is 2. The minimum atomic E-state index is -1.79. The largest absolute Gasteiger partial charge is 0.459 e. The van der Waals surface area contributed by atoms with Gasteiger partial charge in [-0.25, -0.2) is 4.98 Å². The van der Waals surface area contributed by atoms with E-state index in [0.29, 0.717) is 44.5 Å². The Kier molecular flexibility index (Phi) is 19.0. The van der Waals surface area contributed by atoms with Gasteiger partial charge in [-0.2, -0.15) is 0 Å². The molecule has 3 aliphatic rings. The molecule has 0 radical (unpaired) electrons. The van der Waals surface area contributed by atoms with Crippen LogP contribution in [0.2, 0.25) is 0 Å². The van der Waals surface area contributed by atoms with E-state index in [2.05, 4.69) is 15.2 Å². The van der Waals surface area contributed by atoms with Gasteiger partial charge in [0.2, 0.25) is 0 Å². The number of imidazole rings is 1. The Labute approximate surface area is 376 Å². The molecular formula is C46H83N5O12. The van der Waals surface area contributed by atoms with E-state index in [1.54, 1.807) is 45.8 Å². The molecule has 1 aromatic heterocycles. The summed E-state index contributed by atoms with van der Waals surface area (Å²) in [4.78, 5) is 35.3. The van der Waals surface area contributed by atoms with E-state index in [1.807, 2.05) is 67.6 Å². The number of aromatic nitrogens is 2. The Morgan fingerprint density at radius 2 is 1.68 bits per heavy atom. The van der Waals surface area contributed by atoms with E-state index < -0.39 is 83.7 Å². The molecule has 63 heavy (non-hydrogen) atoms. The number of cyclic esters (lactones) is 1. The van der Waals surface area contributed by atoms with Gasteiger partial charge >= 0.3 is 5.97 Å². The summed E-state index contributed by atoms with van der Waals surface area (Å²) in [6, 6.07) is -0.666. The molecule has 0 bridgehead atoms. The topological polar surface area (TPSA) is 196 Å². The molecule has 10 unspecified atom stereocenters. The summed E-state index contributed by atoms with van der Waals surface area (Å²) in [5, 5.41) is 39.3. The molecule has 0 saturated carbocycles. The second-order valence-corrected chi connectivity index (χ2v) is 20.0. The second-order valence-electron chi connectivity index (χ2n) is 20.0. The Hall–Kier alpha value is -2.29. The first kappa shape index (κ1) is 53.3. The number of likely N-dealkylation sites (N-methyl/N-ethyl adjacent to an activating group) is 2. The van der Waals surface area contributed by atoms with Crippen molar-refractivity contribution >= 4 is 11.9 Å². The second kappa shape index (κ2) is 22.5. The van der Waals surface area contributed by atoms with Crippen LogP contribution in [0.1, 0.15) is 118 Å². The van der Waals surface area contributed by atoms with Crippen LogP contribution in [0, 0.1) is 17.8 Å². The van der Waals surface area contributed by atoms with Gasteiger partial charge in [0.15, 0.2) is 12.6 Å². The third-order valence-corrected chi connectivity index (χ3v) is 13.9. The molecule has 17 atom stereocenters. The number of aryl methyl sites for hydroxylation is 1. The number of nitrogens with one attached hydrogen (secondary N) is 1. The number of rotatable bonds is 13. The lowest BCUT2D eigenvalue weighted by atomic mass is 9.77. The van der Waals surface area contributed by atoms with E-state index in [0.717, 1.165) is 0 Å². The van der Waals surface area contributed by atoms with Crippen LogP contribution in [-0.4, -0.2) is 179 Å². The van der Waals surface area contributed by atoms with Gasteiger partial charge in [-0.3, -0.25) is 9.59 Å². The molecule has 3 saturated heterocycles. The zero-order valence-corrected chi connectivity index (χ0v) is 40.9. The minimum Gasteiger partial charge on any atom is -0.459 e. The number of aliphatic hydroxyl groups is 3. The van der Waals surface area contributed by atoms with Crippen LogP contribution in [0.4, 0.5) is 0 Å². The lowest BCUT2D eigenvalue weighted by molar-refractivity contribution is -0.315. The molecule has 4 N–H and O–H groups in total. The summed E-state index contributed by atoms with van der Waals surface area (Å²) in [6.07, 6.45) is -1.26. The first-order valence-electron chi connectivity index (χ1n) is 23.1. The van der Waals surface area contributed by atoms with E-state index in [-0.39, 0.29) is 49.5 Å². The van der Waals surface area contributed by atoms with Crippen molar-refractivity contribution in [3.8, 4) is 0 Å². The molecule has 17 heteroatoms. The quantitative estimate of drug-likeness (QED) is 0.166. The fraction of sp³-hybridized carbons (Fsp3) is 0.891. The number of hydrogen-bond acceptors (Lipinski definition) is 15. The van der Waals surface area contributed by atoms with Crippen molar-refractivity contribution in [3.05, 3.63) is 18.2 Å². The number of amides is 1. The molecular weight excluding hydrogens is 815 g/mol. The number of nitrogens with zero attached hydrogens (tertiary/aromatic N) is 4. The smallest absolute Gasteiger partial charge is 0.311 e. The molecule has 0 spiro atoms. The summed E-state index contributed by atoms with van der Waals surface area (Å²) < 4.78 is 47.4. The van der Waals surface area contributed by atoms with Crippen LogP contribution < -0.4 is 5.32 Å². The molecule has 17 nitrogen and oxygen atoms in total. The summed E-state index contributed by atoms with van der Waals surface area (Å²) in [7, 11) is 9.27. The van der Waals surface area contributed by atoms with Crippen molar-refractivity contribution in [2.45, 2.75) is 192 Å². The molecule has 4 rings (SSSR count). The number of methoxy groups -OCH3 is 1. The van der Waals surface area contributed by atoms with E-state index in [9.17, 15) is 24.9 Å². The lowest BCUT2D eigenvalue weighted by Gasteiger charge is -2.49. The predicted octanol–water partition coefficient (Wildman–Crippen LogP) is 3.51. The van der Waals surface area contributed by atoms with Crippen molar-refractivity contribution in [2.24, 2.45) is 24.8 Å². The van der Waals surface area contributed by atoms with Gasteiger partial charge in [0.25, 0.3) is 5.91 Å². The number of carbonyl (C=O) groups excluding carboxylic acids is 2. The highest BCUT2D eigenvalue weighted by Crippen LogP contribution is 2.40. The maximum absolute atomic E-state index is 14.5. The van der Waals surface area contributed by atoms with Crippen LogP contribution >= 0.6 is 0 Å². The van der Waals surface area contributed by atoms with Gasteiger partial charge in [-0.05, 0) is 101 Å². The van der Waals surface area contributed by atoms with Gasteiger partial charge in [-0.15, -0.1) is 0 Å². The van der Waals surface area contributed by atoms with Crippen molar-refractivity contribution < 1.29 is 58.1 Å². The summed E-state index contributed by atoms with van der Waals surface area (Å²) in [6.45, 7) is 19.6. The lowest BCUT2D eigenvalue weighted by Crippen LogP contribution is -2.60. The number of ether oxygens (including phenoxy) is 7. The van der Waals surface area contributed by atoms with Crippen LogP contribution in [-0.2, 0) is 45.0 Å². The maximum atomic E-state index is 14.5. The van der Waals surface area contributed by atoms with E-state index in [1.165, 1.54) is 13.1 Å². The summed E-state index contributed by atoms with van der Waals surface area (Å²) in [5.41, 5.74) is -3.43. The number of hydrogen-bond donors (Lipinski definition) is 4.